The average molecular weight is 402 g/mol. The van der Waals surface area contributed by atoms with Crippen molar-refractivity contribution in [1.82, 2.24) is 0 Å². The van der Waals surface area contributed by atoms with Crippen LogP contribution in [-0.2, 0) is 0 Å². The Labute approximate surface area is 166 Å². The maximum Gasteiger partial charge on any atom is 0.410 e. The lowest BCUT2D eigenvalue weighted by molar-refractivity contribution is 0.209. The number of rotatable bonds is 4. The number of phenols is 1. The van der Waals surface area contributed by atoms with Gasteiger partial charge < -0.3 is 15.6 Å². The van der Waals surface area contributed by atoms with Crippen molar-refractivity contribution in [3.63, 3.8) is 0 Å². The van der Waals surface area contributed by atoms with Crippen molar-refractivity contribution in [2.75, 3.05) is 0 Å². The predicted molar refractivity (Wildman–Crippen MR) is 114 cm³/mol. The van der Waals surface area contributed by atoms with Crippen LogP contribution < -0.4 is 10.5 Å². The van der Waals surface area contributed by atoms with Gasteiger partial charge in [0.15, 0.2) is 11.6 Å². The summed E-state index contributed by atoms with van der Waals surface area (Å²) in [5.74, 6) is 1.89. The van der Waals surface area contributed by atoms with Crippen molar-refractivity contribution in [1.29, 1.82) is 0 Å². The maximum atomic E-state index is 14.8. The van der Waals surface area contributed by atoms with Crippen LogP contribution in [0.15, 0.2) is 24.3 Å². The Morgan fingerprint density at radius 3 is 2.21 bits per heavy atom. The van der Waals surface area contributed by atoms with Crippen molar-refractivity contribution in [2.45, 2.75) is 58.2 Å². The van der Waals surface area contributed by atoms with Crippen molar-refractivity contribution in [3.05, 3.63) is 35.6 Å². The summed E-state index contributed by atoms with van der Waals surface area (Å²) >= 11 is 0. The zero-order valence-corrected chi connectivity index (χ0v) is 18.3. The molecule has 0 heterocycles. The Balaban J connectivity index is 2.72. The molecule has 0 aliphatic rings. The second-order valence-electron chi connectivity index (χ2n) is 8.00. The van der Waals surface area contributed by atoms with Gasteiger partial charge in [0, 0.05) is 22.4 Å². The number of fused-ring (bicyclic) bond motifs is 1. The van der Waals surface area contributed by atoms with Gasteiger partial charge in [-0.15, -0.1) is 5.54 Å². The average Bonchev–Trinajstić information content (AvgIpc) is 2.58. The number of hydrogen-bond acceptors (Lipinski definition) is 3. The largest absolute Gasteiger partial charge is 0.507 e. The number of ether oxygens (including phenoxy) is 1. The minimum Gasteiger partial charge on any atom is -0.507 e. The number of aromatic hydroxyl groups is 1. The molecule has 0 aliphatic carbocycles. The lowest BCUT2D eigenvalue weighted by atomic mass is 10.0. The van der Waals surface area contributed by atoms with Crippen molar-refractivity contribution >= 4 is 24.9 Å². The third-order valence-corrected chi connectivity index (χ3v) is 11.8. The summed E-state index contributed by atoms with van der Waals surface area (Å²) in [6.07, 6.45) is -1.14. The number of primary amides is 1. The highest BCUT2D eigenvalue weighted by atomic mass is 28.3. The van der Waals surface area contributed by atoms with Crippen LogP contribution in [0.1, 0.15) is 47.1 Å². The van der Waals surface area contributed by atoms with Gasteiger partial charge >= 0.3 is 6.09 Å². The van der Waals surface area contributed by atoms with E-state index in [1.807, 2.05) is 0 Å². The number of carbonyl (C=O) groups excluding carboxylic acids is 1. The first kappa shape index (κ1) is 21.8. The first-order valence-electron chi connectivity index (χ1n) is 9.47. The van der Waals surface area contributed by atoms with Gasteiger partial charge in [-0.2, -0.15) is 0 Å². The minimum absolute atomic E-state index is 0.133. The van der Waals surface area contributed by atoms with E-state index in [2.05, 4.69) is 57.7 Å². The van der Waals surface area contributed by atoms with Crippen LogP contribution in [0.25, 0.3) is 10.8 Å². The number of hydrogen-bond donors (Lipinski definition) is 2. The Morgan fingerprint density at radius 2 is 1.71 bits per heavy atom. The number of benzene rings is 2. The molecule has 0 unspecified atom stereocenters. The van der Waals surface area contributed by atoms with Gasteiger partial charge in [-0.25, -0.2) is 9.18 Å². The fourth-order valence-electron chi connectivity index (χ4n) is 4.30. The lowest BCUT2D eigenvalue weighted by Crippen LogP contribution is -2.43. The highest BCUT2D eigenvalue weighted by molar-refractivity contribution is 6.90. The van der Waals surface area contributed by atoms with Crippen LogP contribution in [0.4, 0.5) is 9.18 Å². The highest BCUT2D eigenvalue weighted by Gasteiger charge is 2.41. The number of halogens is 1. The van der Waals surface area contributed by atoms with E-state index in [9.17, 15) is 14.3 Å². The van der Waals surface area contributed by atoms with Crippen LogP contribution in [-0.4, -0.2) is 19.3 Å². The number of amides is 1. The normalized spacial score (nSPS) is 11.8. The highest BCUT2D eigenvalue weighted by Crippen LogP contribution is 2.41. The molecule has 0 atom stereocenters. The molecular formula is C22H28FNO3Si. The predicted octanol–water partition coefficient (Wildman–Crippen LogP) is 5.71. The maximum absolute atomic E-state index is 14.8. The molecule has 0 saturated carbocycles. The zero-order chi connectivity index (χ0) is 21.2. The third kappa shape index (κ3) is 3.85. The molecule has 0 bridgehead atoms. The quantitative estimate of drug-likeness (QED) is 0.509. The van der Waals surface area contributed by atoms with E-state index >= 15 is 0 Å². The molecule has 0 fully saturated rings. The molecule has 150 valence electrons. The summed E-state index contributed by atoms with van der Waals surface area (Å²) in [4.78, 5) is 11.0. The molecule has 1 amide bonds. The molecule has 3 N–H and O–H groups in total. The lowest BCUT2D eigenvalue weighted by Gasteiger charge is -2.38. The Bertz CT molecular complexity index is 936. The number of carbonyl (C=O) groups is 1. The van der Waals surface area contributed by atoms with Gasteiger partial charge in [-0.3, -0.25) is 0 Å². The summed E-state index contributed by atoms with van der Waals surface area (Å²) in [6.45, 7) is 13.3. The monoisotopic (exact) mass is 401 g/mol. The summed E-state index contributed by atoms with van der Waals surface area (Å²) in [7, 11) is -1.98. The van der Waals surface area contributed by atoms with Crippen LogP contribution in [0.2, 0.25) is 16.6 Å². The first-order valence-corrected chi connectivity index (χ1v) is 11.7. The fraction of sp³-hybridized carbons (Fsp3) is 0.409. The van der Waals surface area contributed by atoms with Gasteiger partial charge in [0.2, 0.25) is 0 Å². The Kier molecular flexibility index (Phi) is 6.40. The van der Waals surface area contributed by atoms with Gasteiger partial charge in [0.25, 0.3) is 0 Å². The Hall–Kier alpha value is -2.52. The van der Waals surface area contributed by atoms with Gasteiger partial charge in [0.1, 0.15) is 13.8 Å². The van der Waals surface area contributed by atoms with Crippen LogP contribution >= 0.6 is 0 Å². The molecule has 4 nitrogen and oxygen atoms in total. The number of phenolic OH excluding ortho intramolecular Hbond substituents is 1. The van der Waals surface area contributed by atoms with Crippen LogP contribution in [0.3, 0.4) is 0 Å². The SMILES string of the molecule is CC(C)[Si](C#Cc1cccc2c(F)c(OC(N)=O)cc(O)c12)(C(C)C)C(C)C. The van der Waals surface area contributed by atoms with E-state index in [-0.39, 0.29) is 11.1 Å². The van der Waals surface area contributed by atoms with Crippen LogP contribution in [0, 0.1) is 17.3 Å². The van der Waals surface area contributed by atoms with Gasteiger partial charge in [0.05, 0.1) is 0 Å². The molecule has 2 aromatic rings. The molecule has 0 saturated heterocycles. The van der Waals surface area contributed by atoms with E-state index in [1.165, 1.54) is 6.07 Å². The summed E-state index contributed by atoms with van der Waals surface area (Å²) < 4.78 is 19.4. The molecule has 0 aromatic heterocycles. The fourth-order valence-corrected chi connectivity index (χ4v) is 9.52. The standard InChI is InChI=1S/C22H28FNO3Si/c1-13(2)28(14(3)4,15(5)6)11-10-16-8-7-9-17-20(16)18(25)12-19(21(17)23)27-22(24)26/h7-9,12-15,25H,1-6H3,(H2,24,26). The molecule has 0 spiro atoms. The molecule has 0 radical (unpaired) electrons. The Morgan fingerprint density at radius 1 is 1.14 bits per heavy atom. The summed E-state index contributed by atoms with van der Waals surface area (Å²) in [5.41, 5.74) is 10.5. The van der Waals surface area contributed by atoms with E-state index in [0.717, 1.165) is 6.07 Å². The van der Waals surface area contributed by atoms with Gasteiger partial charge in [-0.05, 0) is 22.7 Å². The zero-order valence-electron chi connectivity index (χ0n) is 17.3. The van der Waals surface area contributed by atoms with Crippen molar-refractivity contribution in [2.24, 2.45) is 5.73 Å². The third-order valence-electron chi connectivity index (χ3n) is 5.53. The summed E-state index contributed by atoms with van der Waals surface area (Å²) in [5, 5.41) is 10.9. The molecule has 0 aliphatic heterocycles. The summed E-state index contributed by atoms with van der Waals surface area (Å²) in [6, 6.07) is 6.02. The second kappa shape index (κ2) is 8.23. The molecule has 2 aromatic carbocycles. The van der Waals surface area contributed by atoms with E-state index < -0.39 is 25.7 Å². The van der Waals surface area contributed by atoms with E-state index in [0.29, 0.717) is 27.6 Å². The molecule has 6 heteroatoms. The number of nitrogens with two attached hydrogens (primary N) is 1. The van der Waals surface area contributed by atoms with Gasteiger partial charge in [-0.1, -0.05) is 59.6 Å². The van der Waals surface area contributed by atoms with Crippen LogP contribution in [0.5, 0.6) is 11.5 Å². The van der Waals surface area contributed by atoms with Crippen molar-refractivity contribution < 1.29 is 19.0 Å². The van der Waals surface area contributed by atoms with E-state index in [1.54, 1.807) is 12.1 Å². The second-order valence-corrected chi connectivity index (χ2v) is 13.6. The topological polar surface area (TPSA) is 72.5 Å². The van der Waals surface area contributed by atoms with E-state index in [4.69, 9.17) is 5.73 Å². The molecule has 28 heavy (non-hydrogen) atoms. The smallest absolute Gasteiger partial charge is 0.410 e. The molecular weight excluding hydrogens is 373 g/mol. The first-order chi connectivity index (χ1) is 13.0. The molecule has 2 rings (SSSR count). The van der Waals surface area contributed by atoms with Crippen molar-refractivity contribution in [3.8, 4) is 23.0 Å². The minimum atomic E-state index is -1.98.